The van der Waals surface area contributed by atoms with E-state index >= 15 is 0 Å². The van der Waals surface area contributed by atoms with E-state index in [1.165, 1.54) is 0 Å². The minimum absolute atomic E-state index is 0.572. The van der Waals surface area contributed by atoms with Crippen molar-refractivity contribution in [1.82, 2.24) is 0 Å². The molecule has 2 rings (SSSR count). The molecule has 0 aromatic heterocycles. The molecule has 0 N–H and O–H groups in total. The first-order chi connectivity index (χ1) is 8.86. The van der Waals surface area contributed by atoms with Crippen molar-refractivity contribution >= 4 is 22.1 Å². The van der Waals surface area contributed by atoms with Crippen LogP contribution in [0.25, 0.3) is 10.8 Å². The molecule has 0 aliphatic carbocycles. The minimum atomic E-state index is 0.572. The number of rotatable bonds is 2. The van der Waals surface area contributed by atoms with Crippen molar-refractivity contribution in [2.24, 2.45) is 20.5 Å². The number of nitrogens with zero attached hydrogens (tertiary/aromatic N) is 6. The van der Waals surface area contributed by atoms with Gasteiger partial charge in [0.05, 0.1) is 11.4 Å². The molecule has 0 saturated carbocycles. The second kappa shape index (κ2) is 5.28. The summed E-state index contributed by atoms with van der Waals surface area (Å²) in [5.41, 5.74) is 1.14. The quantitative estimate of drug-likeness (QED) is 0.580. The van der Waals surface area contributed by atoms with Crippen LogP contribution >= 0.6 is 0 Å². The Morgan fingerprint density at radius 3 is 1.56 bits per heavy atom. The molecule has 2 aromatic carbocycles. The molecule has 0 spiro atoms. The maximum atomic E-state index is 8.39. The van der Waals surface area contributed by atoms with Crippen molar-refractivity contribution in [3.63, 3.8) is 0 Å². The summed E-state index contributed by atoms with van der Waals surface area (Å²) in [6.45, 7) is 0. The fourth-order valence-electron chi connectivity index (χ4n) is 1.60. The van der Waals surface area contributed by atoms with Crippen LogP contribution < -0.4 is 0 Å². The Kier molecular flexibility index (Phi) is 3.34. The lowest BCUT2D eigenvalue weighted by atomic mass is 10.1. The summed E-state index contributed by atoms with van der Waals surface area (Å²) in [4.78, 5) is 0. The number of hydrogen-bond donors (Lipinski definition) is 0. The average Bonchev–Trinajstić information content (AvgIpc) is 2.42. The summed E-state index contributed by atoms with van der Waals surface area (Å²) in [6, 6.07) is 10.7. The van der Waals surface area contributed by atoms with Gasteiger partial charge in [0, 0.05) is 10.8 Å². The van der Waals surface area contributed by atoms with Gasteiger partial charge in [-0.25, -0.2) is 0 Å². The van der Waals surface area contributed by atoms with Crippen LogP contribution in [0, 0.1) is 22.9 Å². The summed E-state index contributed by atoms with van der Waals surface area (Å²) in [6.07, 6.45) is 3.21. The summed E-state index contributed by atoms with van der Waals surface area (Å²) in [5.74, 6) is 0. The highest BCUT2D eigenvalue weighted by atomic mass is 15.1. The maximum Gasteiger partial charge on any atom is 0.226 e. The van der Waals surface area contributed by atoms with Gasteiger partial charge in [0.1, 0.15) is 0 Å². The summed E-state index contributed by atoms with van der Waals surface area (Å²) in [5, 5.41) is 32.6. The van der Waals surface area contributed by atoms with E-state index in [2.05, 4.69) is 20.5 Å². The molecule has 0 fully saturated rings. The standard InChI is InChI=1S/C12H6N6/c13-7-15-17-11-5-1-3-9-10(11)4-2-6-12(9)18-16-8-14/h1-6H. The molecule has 84 valence electrons. The van der Waals surface area contributed by atoms with Gasteiger partial charge >= 0.3 is 0 Å². The first kappa shape index (κ1) is 11.4. The van der Waals surface area contributed by atoms with Gasteiger partial charge in [-0.2, -0.15) is 10.5 Å². The normalized spacial score (nSPS) is 10.8. The van der Waals surface area contributed by atoms with Crippen LogP contribution in [0.2, 0.25) is 0 Å². The van der Waals surface area contributed by atoms with Gasteiger partial charge in [-0.15, -0.1) is 10.2 Å². The SMILES string of the molecule is N#CN=Nc1cccc2c(N=NC#N)cccc12. The molecule has 0 amide bonds. The molecule has 0 aliphatic rings. The fraction of sp³-hybridized carbons (Fsp3) is 0. The van der Waals surface area contributed by atoms with Crippen molar-refractivity contribution in [3.05, 3.63) is 36.4 Å². The van der Waals surface area contributed by atoms with Gasteiger partial charge in [-0.3, -0.25) is 0 Å². The van der Waals surface area contributed by atoms with Gasteiger partial charge in [-0.05, 0) is 12.1 Å². The van der Waals surface area contributed by atoms with E-state index in [4.69, 9.17) is 10.5 Å². The van der Waals surface area contributed by atoms with Gasteiger partial charge in [-0.1, -0.05) is 34.5 Å². The van der Waals surface area contributed by atoms with E-state index in [0.717, 1.165) is 10.8 Å². The fourth-order valence-corrected chi connectivity index (χ4v) is 1.60. The molecule has 0 unspecified atom stereocenters. The molecule has 0 heterocycles. The van der Waals surface area contributed by atoms with Crippen LogP contribution in [-0.4, -0.2) is 0 Å². The largest absolute Gasteiger partial charge is 0.226 e. The summed E-state index contributed by atoms with van der Waals surface area (Å²) < 4.78 is 0. The van der Waals surface area contributed by atoms with Crippen LogP contribution in [0.15, 0.2) is 56.9 Å². The monoisotopic (exact) mass is 234 g/mol. The second-order valence-electron chi connectivity index (χ2n) is 3.25. The van der Waals surface area contributed by atoms with Gasteiger partial charge in [0.15, 0.2) is 0 Å². The average molecular weight is 234 g/mol. The van der Waals surface area contributed by atoms with Gasteiger partial charge < -0.3 is 0 Å². The van der Waals surface area contributed by atoms with E-state index in [1.807, 2.05) is 12.1 Å². The Hall–Kier alpha value is -3.12. The minimum Gasteiger partial charge on any atom is -0.169 e. The predicted molar refractivity (Wildman–Crippen MR) is 64.2 cm³/mol. The molecule has 2 aromatic rings. The highest BCUT2D eigenvalue weighted by Gasteiger charge is 2.03. The third kappa shape index (κ3) is 2.18. The molecule has 0 saturated heterocycles. The molecule has 0 bridgehead atoms. The van der Waals surface area contributed by atoms with Crippen molar-refractivity contribution in [3.8, 4) is 12.4 Å². The van der Waals surface area contributed by atoms with Crippen LogP contribution in [0.4, 0.5) is 11.4 Å². The zero-order valence-electron chi connectivity index (χ0n) is 9.15. The molecule has 0 atom stereocenters. The third-order valence-corrected chi connectivity index (χ3v) is 2.28. The zero-order chi connectivity index (χ0) is 12.8. The second-order valence-corrected chi connectivity index (χ2v) is 3.25. The Morgan fingerprint density at radius 2 is 1.17 bits per heavy atom. The molecule has 0 aliphatic heterocycles. The number of azo groups is 2. The van der Waals surface area contributed by atoms with E-state index in [-0.39, 0.29) is 0 Å². The van der Waals surface area contributed by atoms with Gasteiger partial charge in [0.2, 0.25) is 12.4 Å². The van der Waals surface area contributed by atoms with Gasteiger partial charge in [0.25, 0.3) is 0 Å². The third-order valence-electron chi connectivity index (χ3n) is 2.28. The Morgan fingerprint density at radius 1 is 0.722 bits per heavy atom. The van der Waals surface area contributed by atoms with Crippen LogP contribution in [0.5, 0.6) is 0 Å². The summed E-state index contributed by atoms with van der Waals surface area (Å²) in [7, 11) is 0. The highest BCUT2D eigenvalue weighted by Crippen LogP contribution is 2.32. The van der Waals surface area contributed by atoms with E-state index in [0.29, 0.717) is 11.4 Å². The Labute approximate surface area is 103 Å². The van der Waals surface area contributed by atoms with Crippen LogP contribution in [0.1, 0.15) is 0 Å². The van der Waals surface area contributed by atoms with E-state index in [9.17, 15) is 0 Å². The van der Waals surface area contributed by atoms with Crippen molar-refractivity contribution in [1.29, 1.82) is 10.5 Å². The molecule has 0 radical (unpaired) electrons. The number of benzene rings is 2. The van der Waals surface area contributed by atoms with Crippen LogP contribution in [0.3, 0.4) is 0 Å². The molecular formula is C12H6N6. The van der Waals surface area contributed by atoms with Crippen molar-refractivity contribution in [2.75, 3.05) is 0 Å². The van der Waals surface area contributed by atoms with Crippen molar-refractivity contribution in [2.45, 2.75) is 0 Å². The first-order valence-electron chi connectivity index (χ1n) is 4.98. The molecule has 18 heavy (non-hydrogen) atoms. The lowest BCUT2D eigenvalue weighted by Gasteiger charge is -2.02. The van der Waals surface area contributed by atoms with Crippen LogP contribution in [-0.2, 0) is 0 Å². The smallest absolute Gasteiger partial charge is 0.169 e. The topological polar surface area (TPSA) is 97.0 Å². The van der Waals surface area contributed by atoms with E-state index in [1.54, 1.807) is 36.7 Å². The number of hydrogen-bond acceptors (Lipinski definition) is 6. The zero-order valence-corrected chi connectivity index (χ0v) is 9.15. The Balaban J connectivity index is 2.66. The lowest BCUT2D eigenvalue weighted by molar-refractivity contribution is 1.23. The first-order valence-corrected chi connectivity index (χ1v) is 4.98. The lowest BCUT2D eigenvalue weighted by Crippen LogP contribution is -1.74. The molecule has 6 nitrogen and oxygen atoms in total. The van der Waals surface area contributed by atoms with E-state index < -0.39 is 0 Å². The predicted octanol–water partition coefficient (Wildman–Crippen LogP) is 3.97. The Bertz CT molecular complexity index is 654. The highest BCUT2D eigenvalue weighted by molar-refractivity contribution is 5.99. The number of fused-ring (bicyclic) bond motifs is 1. The molecule has 6 heteroatoms. The van der Waals surface area contributed by atoms with Crippen molar-refractivity contribution < 1.29 is 0 Å². The molecular weight excluding hydrogens is 228 g/mol. The summed E-state index contributed by atoms with van der Waals surface area (Å²) >= 11 is 0. The number of nitriles is 2. The maximum absolute atomic E-state index is 8.39.